The van der Waals surface area contributed by atoms with E-state index < -0.39 is 41.9 Å². The molecule has 0 heterocycles. The molecule has 2 amide bonds. The van der Waals surface area contributed by atoms with Crippen molar-refractivity contribution in [3.05, 3.63) is 35.4 Å². The number of benzene rings is 1. The minimum atomic E-state index is -1.16. The number of hydrogen-bond acceptors (Lipinski definition) is 3. The lowest BCUT2D eigenvalue weighted by Gasteiger charge is -2.14. The van der Waals surface area contributed by atoms with Gasteiger partial charge in [0.15, 0.2) is 0 Å². The standard InChI is InChI=1S/C13H14F2N2O4/c14-8-2-1-7(9(15)6-8)5-11(18)17-10(13(16)21)3-4-12(19)20/h1-2,6,10H,3-5H2,(H2,16,21)(H,17,18)(H,19,20)/t10-/m0/s1. The molecule has 0 aliphatic rings. The Balaban J connectivity index is 2.65. The maximum atomic E-state index is 13.4. The number of carboxylic acid groups (broad SMARTS) is 1. The Morgan fingerprint density at radius 1 is 1.29 bits per heavy atom. The van der Waals surface area contributed by atoms with Gasteiger partial charge in [-0.1, -0.05) is 6.07 Å². The van der Waals surface area contributed by atoms with E-state index in [-0.39, 0.29) is 18.4 Å². The van der Waals surface area contributed by atoms with Crippen molar-refractivity contribution in [1.29, 1.82) is 0 Å². The number of hydrogen-bond donors (Lipinski definition) is 3. The van der Waals surface area contributed by atoms with Crippen LogP contribution in [0.5, 0.6) is 0 Å². The first-order chi connectivity index (χ1) is 9.79. The third-order valence-corrected chi connectivity index (χ3v) is 2.69. The first-order valence-corrected chi connectivity index (χ1v) is 6.04. The fraction of sp³-hybridized carbons (Fsp3) is 0.308. The quantitative estimate of drug-likeness (QED) is 0.674. The van der Waals surface area contributed by atoms with Crippen molar-refractivity contribution < 1.29 is 28.3 Å². The zero-order valence-electron chi connectivity index (χ0n) is 10.9. The molecular weight excluding hydrogens is 286 g/mol. The Bertz CT molecular complexity index is 563. The second-order valence-corrected chi connectivity index (χ2v) is 4.37. The molecule has 6 nitrogen and oxygen atoms in total. The lowest BCUT2D eigenvalue weighted by atomic mass is 10.1. The van der Waals surface area contributed by atoms with Crippen LogP contribution in [0.15, 0.2) is 18.2 Å². The first-order valence-electron chi connectivity index (χ1n) is 6.04. The molecule has 0 aliphatic heterocycles. The number of carbonyl (C=O) groups is 3. The number of amides is 2. The summed E-state index contributed by atoms with van der Waals surface area (Å²) in [5.41, 5.74) is 5.00. The molecule has 8 heteroatoms. The summed E-state index contributed by atoms with van der Waals surface area (Å²) in [5, 5.41) is 10.8. The molecule has 1 atom stereocenters. The monoisotopic (exact) mass is 300 g/mol. The normalized spacial score (nSPS) is 11.7. The number of nitrogens with one attached hydrogen (secondary N) is 1. The second-order valence-electron chi connectivity index (χ2n) is 4.37. The number of carbonyl (C=O) groups excluding carboxylic acids is 2. The summed E-state index contributed by atoms with van der Waals surface area (Å²) in [6.45, 7) is 0. The van der Waals surface area contributed by atoms with Gasteiger partial charge < -0.3 is 16.2 Å². The van der Waals surface area contributed by atoms with Crippen LogP contribution in [0.2, 0.25) is 0 Å². The molecule has 4 N–H and O–H groups in total. The molecule has 0 spiro atoms. The van der Waals surface area contributed by atoms with Crippen molar-refractivity contribution in [2.75, 3.05) is 0 Å². The van der Waals surface area contributed by atoms with Gasteiger partial charge in [-0.25, -0.2) is 8.78 Å². The number of halogens is 2. The first kappa shape index (κ1) is 16.5. The molecule has 21 heavy (non-hydrogen) atoms. The van der Waals surface area contributed by atoms with Gasteiger partial charge in [0.1, 0.15) is 17.7 Å². The van der Waals surface area contributed by atoms with E-state index in [1.807, 2.05) is 0 Å². The van der Waals surface area contributed by atoms with Crippen LogP contribution >= 0.6 is 0 Å². The summed E-state index contributed by atoms with van der Waals surface area (Å²) in [6.07, 6.45) is -0.927. The fourth-order valence-electron chi connectivity index (χ4n) is 1.64. The van der Waals surface area contributed by atoms with Gasteiger partial charge in [0.2, 0.25) is 11.8 Å². The van der Waals surface area contributed by atoms with Gasteiger partial charge in [0.25, 0.3) is 0 Å². The van der Waals surface area contributed by atoms with Crippen LogP contribution < -0.4 is 11.1 Å². The predicted octanol–water partition coefficient (Wildman–Crippen LogP) is 0.342. The van der Waals surface area contributed by atoms with E-state index in [1.54, 1.807) is 0 Å². The summed E-state index contributed by atoms with van der Waals surface area (Å²) in [7, 11) is 0. The molecule has 0 bridgehead atoms. The van der Waals surface area contributed by atoms with Crippen LogP contribution in [0.25, 0.3) is 0 Å². The molecule has 0 radical (unpaired) electrons. The highest BCUT2D eigenvalue weighted by Gasteiger charge is 2.20. The molecule has 0 fully saturated rings. The van der Waals surface area contributed by atoms with E-state index in [4.69, 9.17) is 10.8 Å². The Morgan fingerprint density at radius 2 is 1.95 bits per heavy atom. The van der Waals surface area contributed by atoms with Gasteiger partial charge in [-0.3, -0.25) is 14.4 Å². The van der Waals surface area contributed by atoms with Crippen molar-refractivity contribution in [2.24, 2.45) is 5.73 Å². The SMILES string of the molecule is NC(=O)[C@H](CCC(=O)O)NC(=O)Cc1ccc(F)cc1F. The number of aliphatic carboxylic acids is 1. The van der Waals surface area contributed by atoms with Crippen molar-refractivity contribution >= 4 is 17.8 Å². The minimum absolute atomic E-state index is 0.0460. The molecule has 0 saturated heterocycles. The molecule has 0 saturated carbocycles. The average Bonchev–Trinajstić information content (AvgIpc) is 2.37. The summed E-state index contributed by atoms with van der Waals surface area (Å²) in [4.78, 5) is 33.2. The van der Waals surface area contributed by atoms with E-state index in [0.717, 1.165) is 12.1 Å². The largest absolute Gasteiger partial charge is 0.481 e. The van der Waals surface area contributed by atoms with Crippen molar-refractivity contribution in [1.82, 2.24) is 5.32 Å². The van der Waals surface area contributed by atoms with Gasteiger partial charge in [-0.15, -0.1) is 0 Å². The zero-order valence-corrected chi connectivity index (χ0v) is 10.9. The van der Waals surface area contributed by atoms with Gasteiger partial charge >= 0.3 is 5.97 Å². The Morgan fingerprint density at radius 3 is 2.48 bits per heavy atom. The molecule has 114 valence electrons. The summed E-state index contributed by atoms with van der Waals surface area (Å²) in [5.74, 6) is -4.39. The van der Waals surface area contributed by atoms with Crippen LogP contribution in [-0.2, 0) is 20.8 Å². The maximum Gasteiger partial charge on any atom is 0.303 e. The molecule has 0 aliphatic carbocycles. The number of rotatable bonds is 7. The van der Waals surface area contributed by atoms with Gasteiger partial charge in [0, 0.05) is 12.5 Å². The lowest BCUT2D eigenvalue weighted by Crippen LogP contribution is -2.45. The highest BCUT2D eigenvalue weighted by Crippen LogP contribution is 2.10. The van der Waals surface area contributed by atoms with Crippen LogP contribution in [0.1, 0.15) is 18.4 Å². The highest BCUT2D eigenvalue weighted by atomic mass is 19.1. The van der Waals surface area contributed by atoms with Gasteiger partial charge in [-0.2, -0.15) is 0 Å². The lowest BCUT2D eigenvalue weighted by molar-refractivity contribution is -0.137. The Labute approximate surface area is 118 Å². The average molecular weight is 300 g/mol. The van der Waals surface area contributed by atoms with Crippen molar-refractivity contribution in [3.8, 4) is 0 Å². The second kappa shape index (κ2) is 7.32. The van der Waals surface area contributed by atoms with Crippen LogP contribution in [0.4, 0.5) is 8.78 Å². The van der Waals surface area contributed by atoms with Crippen molar-refractivity contribution in [3.63, 3.8) is 0 Å². The summed E-state index contributed by atoms with van der Waals surface area (Å²) >= 11 is 0. The Kier molecular flexibility index (Phi) is 5.77. The molecule has 0 unspecified atom stereocenters. The van der Waals surface area contributed by atoms with E-state index in [9.17, 15) is 23.2 Å². The van der Waals surface area contributed by atoms with Crippen molar-refractivity contribution in [2.45, 2.75) is 25.3 Å². The van der Waals surface area contributed by atoms with E-state index in [2.05, 4.69) is 5.32 Å². The zero-order chi connectivity index (χ0) is 16.0. The smallest absolute Gasteiger partial charge is 0.303 e. The van der Waals surface area contributed by atoms with Crippen LogP contribution in [0, 0.1) is 11.6 Å². The van der Waals surface area contributed by atoms with Crippen LogP contribution in [-0.4, -0.2) is 28.9 Å². The molecule has 1 aromatic carbocycles. The Hall–Kier alpha value is -2.51. The van der Waals surface area contributed by atoms with E-state index >= 15 is 0 Å². The van der Waals surface area contributed by atoms with E-state index in [0.29, 0.717) is 6.07 Å². The third-order valence-electron chi connectivity index (χ3n) is 2.69. The molecule has 1 rings (SSSR count). The third kappa shape index (κ3) is 5.55. The van der Waals surface area contributed by atoms with Gasteiger partial charge in [0.05, 0.1) is 6.42 Å². The van der Waals surface area contributed by atoms with Crippen LogP contribution in [0.3, 0.4) is 0 Å². The number of carboxylic acids is 1. The topological polar surface area (TPSA) is 109 Å². The number of nitrogens with two attached hydrogens (primary N) is 1. The minimum Gasteiger partial charge on any atom is -0.481 e. The molecule has 0 aromatic heterocycles. The van der Waals surface area contributed by atoms with E-state index in [1.165, 1.54) is 0 Å². The molecular formula is C13H14F2N2O4. The summed E-state index contributed by atoms with van der Waals surface area (Å²) in [6, 6.07) is 1.60. The van der Waals surface area contributed by atoms with Gasteiger partial charge in [-0.05, 0) is 18.1 Å². The molecule has 1 aromatic rings. The maximum absolute atomic E-state index is 13.4. The fourth-order valence-corrected chi connectivity index (χ4v) is 1.64. The number of primary amides is 1. The summed E-state index contributed by atoms with van der Waals surface area (Å²) < 4.78 is 26.1. The predicted molar refractivity (Wildman–Crippen MR) is 68.1 cm³/mol. The highest BCUT2D eigenvalue weighted by molar-refractivity contribution is 5.87.